The zero-order valence-corrected chi connectivity index (χ0v) is 12.6. The minimum absolute atomic E-state index is 0.0464. The number of hydrogen-bond donors (Lipinski definition) is 1. The van der Waals surface area contributed by atoms with E-state index >= 15 is 0 Å². The zero-order valence-electron chi connectivity index (χ0n) is 11.8. The van der Waals surface area contributed by atoms with Crippen molar-refractivity contribution in [1.29, 1.82) is 0 Å². The van der Waals surface area contributed by atoms with Gasteiger partial charge in [-0.2, -0.15) is 0 Å². The number of carbonyl (C=O) groups excluding carboxylic acids is 1. The van der Waals surface area contributed by atoms with E-state index in [2.05, 4.69) is 15.2 Å². The molecular formula is C14H17N3O3S. The lowest BCUT2D eigenvalue weighted by molar-refractivity contribution is -0.118. The monoisotopic (exact) mass is 307 g/mol. The summed E-state index contributed by atoms with van der Waals surface area (Å²) in [4.78, 5) is 18.6. The van der Waals surface area contributed by atoms with Crippen molar-refractivity contribution in [3.63, 3.8) is 0 Å². The van der Waals surface area contributed by atoms with Crippen LogP contribution in [0.15, 0.2) is 18.2 Å². The van der Waals surface area contributed by atoms with E-state index in [1.165, 1.54) is 11.3 Å². The summed E-state index contributed by atoms with van der Waals surface area (Å²) in [6, 6.07) is 5.74. The number of para-hydroxylation sites is 1. The van der Waals surface area contributed by atoms with E-state index in [1.54, 1.807) is 7.11 Å². The van der Waals surface area contributed by atoms with E-state index in [-0.39, 0.29) is 5.91 Å². The van der Waals surface area contributed by atoms with Gasteiger partial charge < -0.3 is 14.8 Å². The predicted octanol–water partition coefficient (Wildman–Crippen LogP) is 1.58. The van der Waals surface area contributed by atoms with Crippen LogP contribution >= 0.6 is 11.3 Å². The Kier molecular flexibility index (Phi) is 4.33. The molecule has 112 valence electrons. The standard InChI is InChI=1S/C14H17N3O3S/c1-19-10-3-2-4-11-13(10)16-14(21-11)15-12(18)9-17-5-7-20-8-6-17/h2-4H,5-9H2,1H3,(H,15,16,18). The number of rotatable bonds is 4. The third kappa shape index (κ3) is 3.31. The van der Waals surface area contributed by atoms with Gasteiger partial charge in [0.25, 0.3) is 0 Å². The van der Waals surface area contributed by atoms with Gasteiger partial charge in [0, 0.05) is 13.1 Å². The fourth-order valence-electron chi connectivity index (χ4n) is 2.26. The minimum Gasteiger partial charge on any atom is -0.494 e. The lowest BCUT2D eigenvalue weighted by Gasteiger charge is -2.25. The van der Waals surface area contributed by atoms with Crippen molar-refractivity contribution in [3.8, 4) is 5.75 Å². The van der Waals surface area contributed by atoms with E-state index in [0.29, 0.717) is 24.9 Å². The number of amides is 1. The van der Waals surface area contributed by atoms with Crippen molar-refractivity contribution in [1.82, 2.24) is 9.88 Å². The molecule has 2 heterocycles. The number of aromatic nitrogens is 1. The van der Waals surface area contributed by atoms with Gasteiger partial charge in [-0.3, -0.25) is 9.69 Å². The summed E-state index contributed by atoms with van der Waals surface area (Å²) in [5.41, 5.74) is 0.784. The van der Waals surface area contributed by atoms with Crippen LogP contribution in [0, 0.1) is 0 Å². The van der Waals surface area contributed by atoms with Crippen LogP contribution in [0.5, 0.6) is 5.75 Å². The number of nitrogens with zero attached hydrogens (tertiary/aromatic N) is 2. The molecule has 21 heavy (non-hydrogen) atoms. The van der Waals surface area contributed by atoms with Gasteiger partial charge >= 0.3 is 0 Å². The number of thiazole rings is 1. The van der Waals surface area contributed by atoms with Gasteiger partial charge in [0.05, 0.1) is 31.6 Å². The van der Waals surface area contributed by atoms with E-state index in [4.69, 9.17) is 9.47 Å². The molecule has 1 N–H and O–H groups in total. The summed E-state index contributed by atoms with van der Waals surface area (Å²) in [6.45, 7) is 3.33. The topological polar surface area (TPSA) is 63.7 Å². The molecule has 1 amide bonds. The van der Waals surface area contributed by atoms with Crippen LogP contribution in [0.3, 0.4) is 0 Å². The molecule has 0 radical (unpaired) electrons. The average molecular weight is 307 g/mol. The molecule has 1 saturated heterocycles. The second-order valence-corrected chi connectivity index (χ2v) is 5.79. The van der Waals surface area contributed by atoms with Crippen LogP contribution in [0.25, 0.3) is 10.2 Å². The van der Waals surface area contributed by atoms with Crippen LogP contribution in [-0.2, 0) is 9.53 Å². The number of benzene rings is 1. The molecule has 1 fully saturated rings. The fourth-order valence-corrected chi connectivity index (χ4v) is 3.16. The first kappa shape index (κ1) is 14.2. The number of nitrogens with one attached hydrogen (secondary N) is 1. The van der Waals surface area contributed by atoms with Crippen LogP contribution in [0.4, 0.5) is 5.13 Å². The molecule has 1 aliphatic heterocycles. The summed E-state index contributed by atoms with van der Waals surface area (Å²) in [5, 5.41) is 3.46. The number of morpholine rings is 1. The molecule has 1 aromatic heterocycles. The largest absolute Gasteiger partial charge is 0.494 e. The number of hydrogen-bond acceptors (Lipinski definition) is 6. The molecule has 0 spiro atoms. The van der Waals surface area contributed by atoms with Crippen molar-refractivity contribution >= 4 is 32.6 Å². The SMILES string of the molecule is COc1cccc2sc(NC(=O)CN3CCOCC3)nc12. The normalized spacial score (nSPS) is 16.0. The van der Waals surface area contributed by atoms with Gasteiger partial charge in [-0.25, -0.2) is 4.98 Å². The highest BCUT2D eigenvalue weighted by Gasteiger charge is 2.16. The molecule has 0 aliphatic carbocycles. The Balaban J connectivity index is 1.68. The van der Waals surface area contributed by atoms with Crippen LogP contribution in [0.2, 0.25) is 0 Å². The van der Waals surface area contributed by atoms with Gasteiger partial charge in [0.2, 0.25) is 5.91 Å². The molecular weight excluding hydrogens is 290 g/mol. The third-order valence-electron chi connectivity index (χ3n) is 3.32. The number of methoxy groups -OCH3 is 1. The molecule has 1 aromatic carbocycles. The Bertz CT molecular complexity index is 637. The first-order chi connectivity index (χ1) is 10.3. The molecule has 0 unspecified atom stereocenters. The number of ether oxygens (including phenoxy) is 2. The Morgan fingerprint density at radius 1 is 1.48 bits per heavy atom. The van der Waals surface area contributed by atoms with Crippen LogP contribution < -0.4 is 10.1 Å². The van der Waals surface area contributed by atoms with Crippen molar-refractivity contribution in [3.05, 3.63) is 18.2 Å². The molecule has 1 aliphatic rings. The second-order valence-electron chi connectivity index (χ2n) is 4.76. The first-order valence-corrected chi connectivity index (χ1v) is 7.61. The first-order valence-electron chi connectivity index (χ1n) is 6.80. The zero-order chi connectivity index (χ0) is 14.7. The molecule has 0 atom stereocenters. The summed E-state index contributed by atoms with van der Waals surface area (Å²) in [5.74, 6) is 0.673. The highest BCUT2D eigenvalue weighted by Crippen LogP contribution is 2.31. The Morgan fingerprint density at radius 3 is 3.05 bits per heavy atom. The van der Waals surface area contributed by atoms with E-state index < -0.39 is 0 Å². The smallest absolute Gasteiger partial charge is 0.240 e. The van der Waals surface area contributed by atoms with E-state index in [0.717, 1.165) is 29.1 Å². The van der Waals surface area contributed by atoms with E-state index in [1.807, 2.05) is 18.2 Å². The van der Waals surface area contributed by atoms with Crippen molar-refractivity contribution < 1.29 is 14.3 Å². The third-order valence-corrected chi connectivity index (χ3v) is 4.26. The van der Waals surface area contributed by atoms with Gasteiger partial charge in [-0.15, -0.1) is 0 Å². The molecule has 3 rings (SSSR count). The summed E-state index contributed by atoms with van der Waals surface area (Å²) in [7, 11) is 1.62. The van der Waals surface area contributed by atoms with Crippen molar-refractivity contribution in [2.45, 2.75) is 0 Å². The van der Waals surface area contributed by atoms with E-state index in [9.17, 15) is 4.79 Å². The van der Waals surface area contributed by atoms with Crippen molar-refractivity contribution in [2.75, 3.05) is 45.3 Å². The maximum atomic E-state index is 12.1. The number of fused-ring (bicyclic) bond motifs is 1. The van der Waals surface area contributed by atoms with Gasteiger partial charge in [-0.1, -0.05) is 17.4 Å². The summed E-state index contributed by atoms with van der Waals surface area (Å²) in [6.07, 6.45) is 0. The summed E-state index contributed by atoms with van der Waals surface area (Å²) >= 11 is 1.45. The maximum absolute atomic E-state index is 12.1. The Hall–Kier alpha value is -1.70. The second kappa shape index (κ2) is 6.38. The summed E-state index contributed by atoms with van der Waals surface area (Å²) < 4.78 is 11.5. The van der Waals surface area contributed by atoms with Crippen LogP contribution in [0.1, 0.15) is 0 Å². The Labute approximate surface area is 126 Å². The molecule has 6 nitrogen and oxygen atoms in total. The highest BCUT2D eigenvalue weighted by atomic mass is 32.1. The fraction of sp³-hybridized carbons (Fsp3) is 0.429. The highest BCUT2D eigenvalue weighted by molar-refractivity contribution is 7.22. The minimum atomic E-state index is -0.0464. The number of carbonyl (C=O) groups is 1. The number of anilines is 1. The average Bonchev–Trinajstić information content (AvgIpc) is 2.90. The van der Waals surface area contributed by atoms with Gasteiger partial charge in [0.1, 0.15) is 11.3 Å². The van der Waals surface area contributed by atoms with Gasteiger partial charge in [0.15, 0.2) is 5.13 Å². The molecule has 0 saturated carbocycles. The quantitative estimate of drug-likeness (QED) is 0.929. The predicted molar refractivity (Wildman–Crippen MR) is 82.1 cm³/mol. The maximum Gasteiger partial charge on any atom is 0.240 e. The van der Waals surface area contributed by atoms with Crippen molar-refractivity contribution in [2.24, 2.45) is 0 Å². The molecule has 2 aromatic rings. The molecule has 0 bridgehead atoms. The van der Waals surface area contributed by atoms with Crippen LogP contribution in [-0.4, -0.2) is 55.7 Å². The van der Waals surface area contributed by atoms with Gasteiger partial charge in [-0.05, 0) is 12.1 Å². The lowest BCUT2D eigenvalue weighted by atomic mass is 10.3. The molecule has 7 heteroatoms. The Morgan fingerprint density at radius 2 is 2.29 bits per heavy atom. The lowest BCUT2D eigenvalue weighted by Crippen LogP contribution is -2.41.